The zero-order valence-corrected chi connectivity index (χ0v) is 6.53. The Morgan fingerprint density at radius 2 is 2.58 bits per heavy atom. The first-order valence-electron chi connectivity index (χ1n) is 3.53. The molecule has 0 spiro atoms. The van der Waals surface area contributed by atoms with E-state index in [1.807, 2.05) is 0 Å². The van der Waals surface area contributed by atoms with Crippen LogP contribution in [0.5, 0.6) is 0 Å². The first kappa shape index (κ1) is 8.66. The van der Waals surface area contributed by atoms with E-state index in [1.54, 1.807) is 11.1 Å². The summed E-state index contributed by atoms with van der Waals surface area (Å²) < 4.78 is 0. The van der Waals surface area contributed by atoms with Crippen LogP contribution in [-0.2, 0) is 4.79 Å². The van der Waals surface area contributed by atoms with Gasteiger partial charge in [0, 0.05) is 12.7 Å². The van der Waals surface area contributed by atoms with E-state index in [1.165, 1.54) is 0 Å². The number of nitrogens with zero attached hydrogens (tertiary/aromatic N) is 1. The van der Waals surface area contributed by atoms with Crippen molar-refractivity contribution in [3.8, 4) is 0 Å². The number of carboxylic acids is 1. The third-order valence-corrected chi connectivity index (χ3v) is 1.63. The Morgan fingerprint density at radius 3 is 3.00 bits per heavy atom. The lowest BCUT2D eigenvalue weighted by Gasteiger charge is -2.20. The van der Waals surface area contributed by atoms with E-state index in [9.17, 15) is 4.79 Å². The van der Waals surface area contributed by atoms with Crippen molar-refractivity contribution in [3.63, 3.8) is 0 Å². The molecular weight excluding hydrogens is 160 g/mol. The second-order valence-electron chi connectivity index (χ2n) is 2.60. The van der Waals surface area contributed by atoms with Crippen LogP contribution in [0, 0.1) is 0 Å². The average molecular weight is 172 g/mol. The molecule has 12 heavy (non-hydrogen) atoms. The van der Waals surface area contributed by atoms with Crippen LogP contribution in [0.25, 0.3) is 0 Å². The maximum Gasteiger partial charge on any atom is 0.322 e. The maximum absolute atomic E-state index is 10.4. The van der Waals surface area contributed by atoms with Gasteiger partial charge in [0.25, 0.3) is 0 Å². The van der Waals surface area contributed by atoms with Gasteiger partial charge in [-0.2, -0.15) is 0 Å². The predicted octanol–water partition coefficient (Wildman–Crippen LogP) is -1.98. The molecule has 0 saturated carbocycles. The van der Waals surface area contributed by atoms with E-state index in [2.05, 4.69) is 5.32 Å². The SMILES string of the molecule is NC1=CNCN1CC(N)C(=O)O. The van der Waals surface area contributed by atoms with Gasteiger partial charge in [0.05, 0.1) is 6.67 Å². The minimum atomic E-state index is -1.02. The summed E-state index contributed by atoms with van der Waals surface area (Å²) in [6.07, 6.45) is 1.62. The number of nitrogens with one attached hydrogen (secondary N) is 1. The highest BCUT2D eigenvalue weighted by Crippen LogP contribution is 2.01. The molecule has 1 rings (SSSR count). The van der Waals surface area contributed by atoms with Gasteiger partial charge in [-0.3, -0.25) is 4.79 Å². The third kappa shape index (κ3) is 1.79. The minimum Gasteiger partial charge on any atom is -0.480 e. The van der Waals surface area contributed by atoms with Gasteiger partial charge in [0.15, 0.2) is 0 Å². The van der Waals surface area contributed by atoms with Crippen molar-refractivity contribution in [1.29, 1.82) is 0 Å². The number of rotatable bonds is 3. The summed E-state index contributed by atoms with van der Waals surface area (Å²) in [6, 6.07) is -0.892. The molecule has 0 bridgehead atoms. The van der Waals surface area contributed by atoms with Crippen LogP contribution in [0.3, 0.4) is 0 Å². The van der Waals surface area contributed by atoms with Gasteiger partial charge >= 0.3 is 5.97 Å². The fraction of sp³-hybridized carbons (Fsp3) is 0.500. The molecule has 1 unspecified atom stereocenters. The van der Waals surface area contributed by atoms with Crippen molar-refractivity contribution in [2.75, 3.05) is 13.2 Å². The van der Waals surface area contributed by atoms with Crippen LogP contribution in [0.1, 0.15) is 0 Å². The largest absolute Gasteiger partial charge is 0.480 e. The Labute approximate surface area is 69.8 Å². The molecular formula is C6H12N4O2. The molecule has 0 aromatic heterocycles. The molecule has 0 amide bonds. The van der Waals surface area contributed by atoms with Gasteiger partial charge in [0.1, 0.15) is 11.9 Å². The van der Waals surface area contributed by atoms with E-state index >= 15 is 0 Å². The Hall–Kier alpha value is -1.43. The molecule has 1 aliphatic heterocycles. The average Bonchev–Trinajstić information content (AvgIpc) is 2.36. The van der Waals surface area contributed by atoms with E-state index in [0.29, 0.717) is 12.5 Å². The Bertz CT molecular complexity index is 216. The van der Waals surface area contributed by atoms with Crippen LogP contribution >= 0.6 is 0 Å². The fourth-order valence-corrected chi connectivity index (χ4v) is 0.928. The predicted molar refractivity (Wildman–Crippen MR) is 42.6 cm³/mol. The number of carboxylic acid groups (broad SMARTS) is 1. The summed E-state index contributed by atoms with van der Waals surface area (Å²) in [5.41, 5.74) is 10.8. The molecule has 0 aromatic rings. The van der Waals surface area contributed by atoms with Crippen LogP contribution < -0.4 is 16.8 Å². The molecule has 68 valence electrons. The lowest BCUT2D eigenvalue weighted by molar-refractivity contribution is -0.138. The molecule has 6 heteroatoms. The molecule has 1 heterocycles. The molecule has 0 saturated heterocycles. The summed E-state index contributed by atoms with van der Waals surface area (Å²) in [5.74, 6) is -0.499. The lowest BCUT2D eigenvalue weighted by atomic mass is 10.3. The Kier molecular flexibility index (Phi) is 2.39. The zero-order valence-electron chi connectivity index (χ0n) is 6.53. The first-order valence-corrected chi connectivity index (χ1v) is 3.53. The molecule has 1 atom stereocenters. The van der Waals surface area contributed by atoms with Crippen LogP contribution in [-0.4, -0.2) is 35.2 Å². The fourth-order valence-electron chi connectivity index (χ4n) is 0.928. The van der Waals surface area contributed by atoms with Gasteiger partial charge in [0.2, 0.25) is 0 Å². The lowest BCUT2D eigenvalue weighted by Crippen LogP contribution is -2.43. The van der Waals surface area contributed by atoms with E-state index < -0.39 is 12.0 Å². The van der Waals surface area contributed by atoms with E-state index in [-0.39, 0.29) is 6.54 Å². The van der Waals surface area contributed by atoms with Gasteiger partial charge in [-0.1, -0.05) is 0 Å². The second-order valence-corrected chi connectivity index (χ2v) is 2.60. The third-order valence-electron chi connectivity index (χ3n) is 1.63. The molecule has 6 nitrogen and oxygen atoms in total. The van der Waals surface area contributed by atoms with Crippen molar-refractivity contribution in [1.82, 2.24) is 10.2 Å². The zero-order chi connectivity index (χ0) is 9.14. The first-order chi connectivity index (χ1) is 5.61. The van der Waals surface area contributed by atoms with Crippen molar-refractivity contribution in [2.24, 2.45) is 11.5 Å². The number of hydrogen-bond acceptors (Lipinski definition) is 5. The monoisotopic (exact) mass is 172 g/mol. The summed E-state index contributed by atoms with van der Waals surface area (Å²) in [5, 5.41) is 11.4. The van der Waals surface area contributed by atoms with Crippen molar-refractivity contribution in [3.05, 3.63) is 12.0 Å². The van der Waals surface area contributed by atoms with Crippen LogP contribution in [0.4, 0.5) is 0 Å². The van der Waals surface area contributed by atoms with Crippen molar-refractivity contribution < 1.29 is 9.90 Å². The van der Waals surface area contributed by atoms with E-state index in [4.69, 9.17) is 16.6 Å². The quantitative estimate of drug-likeness (QED) is 0.393. The highest BCUT2D eigenvalue weighted by atomic mass is 16.4. The molecule has 0 aromatic carbocycles. The highest BCUT2D eigenvalue weighted by Gasteiger charge is 2.19. The Morgan fingerprint density at radius 1 is 1.92 bits per heavy atom. The smallest absolute Gasteiger partial charge is 0.322 e. The number of carbonyl (C=O) groups is 1. The van der Waals surface area contributed by atoms with Gasteiger partial charge in [-0.15, -0.1) is 0 Å². The van der Waals surface area contributed by atoms with Gasteiger partial charge < -0.3 is 26.8 Å². The van der Waals surface area contributed by atoms with Gasteiger partial charge in [-0.25, -0.2) is 0 Å². The topological polar surface area (TPSA) is 105 Å². The van der Waals surface area contributed by atoms with Crippen LogP contribution in [0.15, 0.2) is 12.0 Å². The summed E-state index contributed by atoms with van der Waals surface area (Å²) in [6.45, 7) is 0.748. The summed E-state index contributed by atoms with van der Waals surface area (Å²) in [4.78, 5) is 12.0. The normalized spacial score (nSPS) is 18.4. The van der Waals surface area contributed by atoms with Gasteiger partial charge in [-0.05, 0) is 0 Å². The van der Waals surface area contributed by atoms with E-state index in [0.717, 1.165) is 0 Å². The molecule has 6 N–H and O–H groups in total. The van der Waals surface area contributed by atoms with Crippen molar-refractivity contribution in [2.45, 2.75) is 6.04 Å². The summed E-state index contributed by atoms with van der Waals surface area (Å²) >= 11 is 0. The maximum atomic E-state index is 10.4. The highest BCUT2D eigenvalue weighted by molar-refractivity contribution is 5.73. The standard InChI is InChI=1S/C6H12N4O2/c7-4(6(11)12)2-10-3-9-1-5(10)8/h1,4,9H,2-3,7-8H2,(H,11,12). The molecule has 0 aliphatic carbocycles. The van der Waals surface area contributed by atoms with Crippen LogP contribution in [0.2, 0.25) is 0 Å². The second kappa shape index (κ2) is 3.31. The number of aliphatic carboxylic acids is 1. The number of hydrogen-bond donors (Lipinski definition) is 4. The molecule has 0 radical (unpaired) electrons. The Balaban J connectivity index is 2.41. The molecule has 0 fully saturated rings. The number of nitrogens with two attached hydrogens (primary N) is 2. The summed E-state index contributed by atoms with van der Waals surface area (Å²) in [7, 11) is 0. The minimum absolute atomic E-state index is 0.227. The molecule has 1 aliphatic rings. The van der Waals surface area contributed by atoms with Crippen molar-refractivity contribution >= 4 is 5.97 Å².